The Hall–Kier alpha value is -2.51. The van der Waals surface area contributed by atoms with Crippen LogP contribution >= 0.6 is 11.3 Å². The molecule has 0 N–H and O–H groups in total. The third-order valence-corrected chi connectivity index (χ3v) is 5.30. The Labute approximate surface area is 161 Å². The first kappa shape index (κ1) is 19.3. The highest BCUT2D eigenvalue weighted by atomic mass is 32.1. The summed E-state index contributed by atoms with van der Waals surface area (Å²) < 4.78 is 13.3. The van der Waals surface area contributed by atoms with Gasteiger partial charge in [-0.05, 0) is 44.5 Å². The van der Waals surface area contributed by atoms with Crippen molar-refractivity contribution in [2.75, 3.05) is 20.3 Å². The summed E-state index contributed by atoms with van der Waals surface area (Å²) in [6.45, 7) is 5.05. The highest BCUT2D eigenvalue weighted by molar-refractivity contribution is 7.16. The van der Waals surface area contributed by atoms with Crippen LogP contribution in [0.25, 0.3) is 10.2 Å². The third kappa shape index (κ3) is 4.26. The zero-order chi connectivity index (χ0) is 19.4. The molecule has 0 saturated heterocycles. The van der Waals surface area contributed by atoms with Crippen LogP contribution in [0.2, 0.25) is 0 Å². The van der Waals surface area contributed by atoms with E-state index in [1.807, 2.05) is 19.9 Å². The van der Waals surface area contributed by atoms with Crippen LogP contribution in [0, 0.1) is 13.8 Å². The fraction of sp³-hybridized carbons (Fsp3) is 0.350. The summed E-state index contributed by atoms with van der Waals surface area (Å²) in [7, 11) is 1.67. The molecule has 142 valence electrons. The van der Waals surface area contributed by atoms with Crippen molar-refractivity contribution in [3.63, 3.8) is 0 Å². The van der Waals surface area contributed by atoms with E-state index in [2.05, 4.69) is 9.55 Å². The van der Waals surface area contributed by atoms with Gasteiger partial charge in [-0.1, -0.05) is 0 Å². The number of rotatable bonds is 8. The Kier molecular flexibility index (Phi) is 6.03. The molecule has 0 bridgehead atoms. The summed E-state index contributed by atoms with van der Waals surface area (Å²) in [6, 6.07) is 7.03. The molecule has 2 heterocycles. The van der Waals surface area contributed by atoms with Crippen molar-refractivity contribution in [1.82, 2.24) is 9.55 Å². The number of carbonyl (C=O) groups is 2. The number of esters is 1. The van der Waals surface area contributed by atoms with E-state index in [9.17, 15) is 9.59 Å². The molecule has 2 aromatic heterocycles. The Morgan fingerprint density at radius 1 is 1.22 bits per heavy atom. The monoisotopic (exact) mass is 386 g/mol. The van der Waals surface area contributed by atoms with Crippen molar-refractivity contribution in [2.45, 2.75) is 26.8 Å². The van der Waals surface area contributed by atoms with Crippen LogP contribution in [0.4, 0.5) is 0 Å². The molecule has 3 rings (SSSR count). The lowest BCUT2D eigenvalue weighted by atomic mass is 10.1. The van der Waals surface area contributed by atoms with Gasteiger partial charge >= 0.3 is 5.97 Å². The highest BCUT2D eigenvalue weighted by Gasteiger charge is 2.18. The van der Waals surface area contributed by atoms with Crippen molar-refractivity contribution in [1.29, 1.82) is 0 Å². The van der Waals surface area contributed by atoms with E-state index in [4.69, 9.17) is 9.47 Å². The largest absolute Gasteiger partial charge is 0.454 e. The number of benzene rings is 1. The summed E-state index contributed by atoms with van der Waals surface area (Å²) >= 11 is 1.46. The van der Waals surface area contributed by atoms with E-state index in [1.165, 1.54) is 11.3 Å². The first-order valence-electron chi connectivity index (χ1n) is 8.70. The van der Waals surface area contributed by atoms with Gasteiger partial charge in [0.25, 0.3) is 0 Å². The fourth-order valence-electron chi connectivity index (χ4n) is 3.07. The normalized spacial score (nSPS) is 11.1. The molecule has 0 radical (unpaired) electrons. The first-order chi connectivity index (χ1) is 13.0. The van der Waals surface area contributed by atoms with Gasteiger partial charge in [-0.2, -0.15) is 0 Å². The summed E-state index contributed by atoms with van der Waals surface area (Å²) in [5, 5.41) is 0. The average Bonchev–Trinajstić information content (AvgIpc) is 3.24. The van der Waals surface area contributed by atoms with Gasteiger partial charge in [0, 0.05) is 37.2 Å². The van der Waals surface area contributed by atoms with E-state index in [-0.39, 0.29) is 12.4 Å². The minimum absolute atomic E-state index is 0.201. The number of carbonyl (C=O) groups excluding carboxylic acids is 2. The lowest BCUT2D eigenvalue weighted by Crippen LogP contribution is -2.15. The topological polar surface area (TPSA) is 70.4 Å². The minimum Gasteiger partial charge on any atom is -0.454 e. The number of aromatic nitrogens is 2. The molecule has 3 aromatic rings. The first-order valence-corrected chi connectivity index (χ1v) is 9.58. The van der Waals surface area contributed by atoms with Gasteiger partial charge < -0.3 is 14.0 Å². The Bertz CT molecular complexity index is 974. The maximum atomic E-state index is 12.5. The summed E-state index contributed by atoms with van der Waals surface area (Å²) in [6.07, 6.45) is 0.871. The quantitative estimate of drug-likeness (QED) is 0.335. The number of fused-ring (bicyclic) bond motifs is 1. The van der Waals surface area contributed by atoms with Gasteiger partial charge in [0.05, 0.1) is 21.3 Å². The second-order valence-corrected chi connectivity index (χ2v) is 7.20. The number of ketones is 1. The molecule has 0 aliphatic rings. The van der Waals surface area contributed by atoms with Crippen LogP contribution in [-0.4, -0.2) is 41.6 Å². The zero-order valence-electron chi connectivity index (χ0n) is 15.7. The number of methoxy groups -OCH3 is 1. The molecular weight excluding hydrogens is 364 g/mol. The van der Waals surface area contributed by atoms with Gasteiger partial charge in [-0.15, -0.1) is 11.3 Å². The van der Waals surface area contributed by atoms with Crippen molar-refractivity contribution >= 4 is 33.3 Å². The van der Waals surface area contributed by atoms with E-state index in [0.29, 0.717) is 17.7 Å². The Balaban J connectivity index is 1.64. The third-order valence-electron chi connectivity index (χ3n) is 4.51. The molecule has 27 heavy (non-hydrogen) atoms. The number of ether oxygens (including phenoxy) is 2. The minimum atomic E-state index is -0.507. The summed E-state index contributed by atoms with van der Waals surface area (Å²) in [5.41, 5.74) is 5.48. The van der Waals surface area contributed by atoms with Crippen LogP contribution in [0.1, 0.15) is 38.5 Å². The molecule has 0 aliphatic carbocycles. The van der Waals surface area contributed by atoms with Gasteiger partial charge in [0.2, 0.25) is 5.78 Å². The number of aryl methyl sites for hydroxylation is 1. The van der Waals surface area contributed by atoms with E-state index >= 15 is 0 Å². The molecule has 0 saturated carbocycles. The van der Waals surface area contributed by atoms with Crippen molar-refractivity contribution in [3.05, 3.63) is 52.3 Å². The maximum Gasteiger partial charge on any atom is 0.338 e. The molecule has 0 amide bonds. The molecule has 7 heteroatoms. The number of Topliss-reactive ketones (excluding diaryl/α,β-unsaturated/α-hetero) is 1. The van der Waals surface area contributed by atoms with Crippen molar-refractivity contribution < 1.29 is 19.1 Å². The fourth-order valence-corrected chi connectivity index (χ4v) is 3.79. The van der Waals surface area contributed by atoms with Crippen LogP contribution in [0.5, 0.6) is 0 Å². The average molecular weight is 386 g/mol. The van der Waals surface area contributed by atoms with Gasteiger partial charge in [-0.25, -0.2) is 9.78 Å². The van der Waals surface area contributed by atoms with Gasteiger partial charge in [0.15, 0.2) is 6.61 Å². The number of nitrogens with zero attached hydrogens (tertiary/aromatic N) is 2. The van der Waals surface area contributed by atoms with Crippen LogP contribution in [0.15, 0.2) is 29.8 Å². The SMILES string of the molecule is COCCCn1c(C)cc(C(=O)COC(=O)c2ccc3ncsc3c2)c1C. The second kappa shape index (κ2) is 8.45. The number of hydrogen-bond acceptors (Lipinski definition) is 6. The smallest absolute Gasteiger partial charge is 0.338 e. The van der Waals surface area contributed by atoms with Crippen molar-refractivity contribution in [2.24, 2.45) is 0 Å². The lowest BCUT2D eigenvalue weighted by Gasteiger charge is -2.09. The molecule has 0 spiro atoms. The standard InChI is InChI=1S/C20H22N2O4S/c1-13-9-16(14(2)22(13)7-4-8-25-3)18(23)11-26-20(24)15-5-6-17-19(10-15)27-12-21-17/h5-6,9-10,12H,4,7-8,11H2,1-3H3. The molecule has 0 aliphatic heterocycles. The molecule has 1 aromatic carbocycles. The Morgan fingerprint density at radius 3 is 2.81 bits per heavy atom. The zero-order valence-corrected chi connectivity index (χ0v) is 16.5. The maximum absolute atomic E-state index is 12.5. The Morgan fingerprint density at radius 2 is 2.04 bits per heavy atom. The van der Waals surface area contributed by atoms with E-state index in [1.54, 1.807) is 30.8 Å². The molecule has 6 nitrogen and oxygen atoms in total. The predicted molar refractivity (Wildman–Crippen MR) is 105 cm³/mol. The second-order valence-electron chi connectivity index (χ2n) is 6.32. The van der Waals surface area contributed by atoms with Crippen molar-refractivity contribution in [3.8, 4) is 0 Å². The molecule has 0 fully saturated rings. The van der Waals surface area contributed by atoms with Crippen LogP contribution < -0.4 is 0 Å². The van der Waals surface area contributed by atoms with Crippen LogP contribution in [0.3, 0.4) is 0 Å². The molecule has 0 unspecified atom stereocenters. The summed E-state index contributed by atoms with van der Waals surface area (Å²) in [4.78, 5) is 29.0. The number of hydrogen-bond donors (Lipinski definition) is 0. The van der Waals surface area contributed by atoms with Gasteiger partial charge in [0.1, 0.15) is 0 Å². The predicted octanol–water partition coefficient (Wildman–Crippen LogP) is 3.79. The van der Waals surface area contributed by atoms with Gasteiger partial charge in [-0.3, -0.25) is 4.79 Å². The number of thiazole rings is 1. The van der Waals surface area contributed by atoms with Crippen LogP contribution in [-0.2, 0) is 16.0 Å². The highest BCUT2D eigenvalue weighted by Crippen LogP contribution is 2.20. The summed E-state index contributed by atoms with van der Waals surface area (Å²) in [5.74, 6) is -0.708. The van der Waals surface area contributed by atoms with E-state index in [0.717, 1.165) is 34.6 Å². The van der Waals surface area contributed by atoms with E-state index < -0.39 is 5.97 Å². The molecule has 0 atom stereocenters. The lowest BCUT2D eigenvalue weighted by molar-refractivity contribution is 0.0474. The molecular formula is C20H22N2O4S.